The molecule has 5 nitrogen and oxygen atoms in total. The summed E-state index contributed by atoms with van der Waals surface area (Å²) in [7, 11) is 0. The number of aromatic nitrogens is 2. The largest absolute Gasteiger partial charge is 0.364 e. The van der Waals surface area contributed by atoms with E-state index in [0.717, 1.165) is 43.9 Å². The maximum atomic E-state index is 12.8. The summed E-state index contributed by atoms with van der Waals surface area (Å²) in [6.07, 6.45) is 6.64. The van der Waals surface area contributed by atoms with Gasteiger partial charge in [0.2, 0.25) is 0 Å². The van der Waals surface area contributed by atoms with Gasteiger partial charge in [0.1, 0.15) is 5.82 Å². The topological polar surface area (TPSA) is 58.1 Å². The van der Waals surface area contributed by atoms with E-state index in [-0.39, 0.29) is 5.91 Å². The summed E-state index contributed by atoms with van der Waals surface area (Å²) in [4.78, 5) is 23.4. The molecule has 5 heteroatoms. The van der Waals surface area contributed by atoms with Gasteiger partial charge in [-0.1, -0.05) is 36.4 Å². The molecule has 1 fully saturated rings. The van der Waals surface area contributed by atoms with Crippen molar-refractivity contribution in [3.05, 3.63) is 89.9 Å². The Labute approximate surface area is 171 Å². The molecule has 1 aliphatic heterocycles. The molecule has 4 rings (SSSR count). The van der Waals surface area contributed by atoms with E-state index in [4.69, 9.17) is 0 Å². The molecule has 0 spiro atoms. The van der Waals surface area contributed by atoms with Gasteiger partial charge < -0.3 is 10.2 Å². The fraction of sp³-hybridized carbons (Fsp3) is 0.292. The Hall–Kier alpha value is -3.21. The number of amides is 1. The smallest absolute Gasteiger partial charge is 0.255 e. The Bertz CT molecular complexity index is 905. The van der Waals surface area contributed by atoms with Gasteiger partial charge in [-0.25, -0.2) is 4.98 Å². The fourth-order valence-electron chi connectivity index (χ4n) is 3.78. The van der Waals surface area contributed by atoms with Crippen molar-refractivity contribution in [3.8, 4) is 0 Å². The van der Waals surface area contributed by atoms with Gasteiger partial charge in [-0.2, -0.15) is 0 Å². The number of pyridine rings is 2. The molecule has 3 heterocycles. The third-order valence-electron chi connectivity index (χ3n) is 5.46. The van der Waals surface area contributed by atoms with Crippen molar-refractivity contribution in [2.75, 3.05) is 18.4 Å². The van der Waals surface area contributed by atoms with Crippen LogP contribution >= 0.6 is 0 Å². The molecule has 1 N–H and O–H groups in total. The molecule has 0 radical (unpaired) electrons. The van der Waals surface area contributed by atoms with Crippen molar-refractivity contribution in [1.82, 2.24) is 14.9 Å². The minimum Gasteiger partial charge on any atom is -0.364 e. The minimum absolute atomic E-state index is 0.0759. The zero-order valence-corrected chi connectivity index (χ0v) is 16.5. The number of nitrogens with zero attached hydrogens (tertiary/aromatic N) is 3. The summed E-state index contributed by atoms with van der Waals surface area (Å²) in [5.74, 6) is 1.47. The monoisotopic (exact) mass is 386 g/mol. The van der Waals surface area contributed by atoms with Crippen LogP contribution in [0, 0.1) is 5.92 Å². The van der Waals surface area contributed by atoms with Crippen LogP contribution in [0.3, 0.4) is 0 Å². The third kappa shape index (κ3) is 5.19. The first-order valence-corrected chi connectivity index (χ1v) is 10.2. The van der Waals surface area contributed by atoms with Crippen molar-refractivity contribution >= 4 is 11.7 Å². The molecule has 0 atom stereocenters. The normalized spacial score (nSPS) is 14.6. The molecule has 2 aromatic heterocycles. The number of hydrogen-bond donors (Lipinski definition) is 1. The van der Waals surface area contributed by atoms with E-state index in [1.165, 1.54) is 5.56 Å². The first-order valence-electron chi connectivity index (χ1n) is 10.2. The molecular weight excluding hydrogens is 360 g/mol. The van der Waals surface area contributed by atoms with Crippen LogP contribution in [0.15, 0.2) is 73.1 Å². The minimum atomic E-state index is 0.0759. The van der Waals surface area contributed by atoms with Gasteiger partial charge in [0, 0.05) is 25.5 Å². The highest BCUT2D eigenvalue weighted by atomic mass is 16.2. The van der Waals surface area contributed by atoms with E-state index >= 15 is 0 Å². The number of likely N-dealkylation sites (tertiary alicyclic amines) is 1. The summed E-state index contributed by atoms with van der Waals surface area (Å²) in [5.41, 5.74) is 2.98. The summed E-state index contributed by atoms with van der Waals surface area (Å²) in [6.45, 7) is 2.24. The van der Waals surface area contributed by atoms with Crippen molar-refractivity contribution in [2.45, 2.75) is 25.8 Å². The van der Waals surface area contributed by atoms with E-state index in [1.54, 1.807) is 12.4 Å². The van der Waals surface area contributed by atoms with Gasteiger partial charge >= 0.3 is 0 Å². The number of nitrogens with one attached hydrogen (secondary N) is 1. The van der Waals surface area contributed by atoms with Gasteiger partial charge in [-0.05, 0) is 55.0 Å². The number of rotatable bonds is 6. The molecule has 0 aliphatic carbocycles. The fourth-order valence-corrected chi connectivity index (χ4v) is 3.78. The predicted molar refractivity (Wildman–Crippen MR) is 115 cm³/mol. The molecule has 0 unspecified atom stereocenters. The maximum Gasteiger partial charge on any atom is 0.255 e. The van der Waals surface area contributed by atoms with Crippen LogP contribution in [-0.4, -0.2) is 33.9 Å². The lowest BCUT2D eigenvalue weighted by atomic mass is 9.90. The number of hydrogen-bond acceptors (Lipinski definition) is 4. The number of piperidine rings is 1. The van der Waals surface area contributed by atoms with E-state index in [1.807, 2.05) is 35.2 Å². The summed E-state index contributed by atoms with van der Waals surface area (Å²) >= 11 is 0. The molecule has 0 saturated carbocycles. The van der Waals surface area contributed by atoms with Crippen LogP contribution in [0.2, 0.25) is 0 Å². The average molecular weight is 386 g/mol. The number of carbonyl (C=O) groups is 1. The lowest BCUT2D eigenvalue weighted by molar-refractivity contribution is 0.0690. The van der Waals surface area contributed by atoms with Gasteiger partial charge in [0.25, 0.3) is 5.91 Å². The van der Waals surface area contributed by atoms with E-state index in [0.29, 0.717) is 18.0 Å². The lowest BCUT2D eigenvalue weighted by Crippen LogP contribution is -2.39. The summed E-state index contributed by atoms with van der Waals surface area (Å²) in [6, 6.07) is 20.1. The van der Waals surface area contributed by atoms with Gasteiger partial charge in [-0.3, -0.25) is 9.78 Å². The van der Waals surface area contributed by atoms with Gasteiger partial charge in [0.05, 0.1) is 17.8 Å². The molecule has 1 saturated heterocycles. The molecule has 29 heavy (non-hydrogen) atoms. The molecule has 1 aliphatic rings. The number of benzene rings is 1. The van der Waals surface area contributed by atoms with Crippen LogP contribution in [0.25, 0.3) is 0 Å². The Kier molecular flexibility index (Phi) is 6.15. The van der Waals surface area contributed by atoms with Crippen LogP contribution in [0.1, 0.15) is 34.5 Å². The Balaban J connectivity index is 1.27. The second-order valence-corrected chi connectivity index (χ2v) is 7.53. The van der Waals surface area contributed by atoms with E-state index < -0.39 is 0 Å². The van der Waals surface area contributed by atoms with Crippen molar-refractivity contribution in [1.29, 1.82) is 0 Å². The molecule has 0 bridgehead atoms. The van der Waals surface area contributed by atoms with E-state index in [2.05, 4.69) is 45.6 Å². The highest BCUT2D eigenvalue weighted by Gasteiger charge is 2.24. The van der Waals surface area contributed by atoms with Crippen LogP contribution in [0.5, 0.6) is 0 Å². The lowest BCUT2D eigenvalue weighted by Gasteiger charge is -2.32. The van der Waals surface area contributed by atoms with Gasteiger partial charge in [0.15, 0.2) is 0 Å². The predicted octanol–water partition coefficient (Wildman–Crippen LogP) is 4.18. The Morgan fingerprint density at radius 1 is 0.966 bits per heavy atom. The van der Waals surface area contributed by atoms with Crippen LogP contribution in [0.4, 0.5) is 5.82 Å². The third-order valence-corrected chi connectivity index (χ3v) is 5.46. The molecular formula is C24H26N4O. The molecule has 1 amide bonds. The first-order chi connectivity index (χ1) is 14.3. The van der Waals surface area contributed by atoms with Crippen molar-refractivity contribution < 1.29 is 4.79 Å². The molecule has 1 aromatic carbocycles. The molecule has 148 valence electrons. The standard InChI is InChI=1S/C24H26N4O/c29-24(28-14-11-20(12-15-28)16-19-6-2-1-3-7-19)21-9-10-23(26-17-21)27-18-22-8-4-5-13-25-22/h1-10,13,17,20H,11-12,14-16,18H2,(H,26,27). The van der Waals surface area contributed by atoms with Crippen LogP contribution < -0.4 is 5.32 Å². The second kappa shape index (κ2) is 9.32. The summed E-state index contributed by atoms with van der Waals surface area (Å²) < 4.78 is 0. The highest BCUT2D eigenvalue weighted by molar-refractivity contribution is 5.94. The zero-order valence-electron chi connectivity index (χ0n) is 16.5. The Morgan fingerprint density at radius 2 is 1.76 bits per heavy atom. The highest BCUT2D eigenvalue weighted by Crippen LogP contribution is 2.23. The first kappa shape index (κ1) is 19.1. The van der Waals surface area contributed by atoms with Gasteiger partial charge in [-0.15, -0.1) is 0 Å². The summed E-state index contributed by atoms with van der Waals surface area (Å²) in [5, 5.41) is 3.24. The maximum absolute atomic E-state index is 12.8. The molecule has 3 aromatic rings. The zero-order chi connectivity index (χ0) is 19.9. The average Bonchev–Trinajstić information content (AvgIpc) is 2.79. The Morgan fingerprint density at radius 3 is 2.45 bits per heavy atom. The number of carbonyl (C=O) groups excluding carboxylic acids is 1. The quantitative estimate of drug-likeness (QED) is 0.690. The second-order valence-electron chi connectivity index (χ2n) is 7.53. The van der Waals surface area contributed by atoms with Crippen molar-refractivity contribution in [2.24, 2.45) is 5.92 Å². The van der Waals surface area contributed by atoms with Crippen LogP contribution in [-0.2, 0) is 13.0 Å². The van der Waals surface area contributed by atoms with E-state index in [9.17, 15) is 4.79 Å². The van der Waals surface area contributed by atoms with Crippen molar-refractivity contribution in [3.63, 3.8) is 0 Å². The SMILES string of the molecule is O=C(c1ccc(NCc2ccccn2)nc1)N1CCC(Cc2ccccc2)CC1. The number of anilines is 1.